The molecular formula is C23H25F3N4O6. The quantitative estimate of drug-likeness (QED) is 0.634. The van der Waals surface area contributed by atoms with E-state index in [1.165, 1.54) is 17.0 Å². The summed E-state index contributed by atoms with van der Waals surface area (Å²) < 4.78 is 53.7. The van der Waals surface area contributed by atoms with Crippen LogP contribution in [0.3, 0.4) is 0 Å². The number of aromatic nitrogens is 1. The lowest BCUT2D eigenvalue weighted by Gasteiger charge is -2.42. The van der Waals surface area contributed by atoms with Gasteiger partial charge < -0.3 is 29.5 Å². The first-order valence-corrected chi connectivity index (χ1v) is 11.3. The highest BCUT2D eigenvalue weighted by atomic mass is 19.4. The lowest BCUT2D eigenvalue weighted by Crippen LogP contribution is -2.54. The summed E-state index contributed by atoms with van der Waals surface area (Å²) in [5.74, 6) is -0.831. The number of ether oxygens (including phenoxy) is 2. The van der Waals surface area contributed by atoms with Crippen molar-refractivity contribution in [2.24, 2.45) is 0 Å². The van der Waals surface area contributed by atoms with Crippen molar-refractivity contribution in [3.8, 4) is 5.75 Å². The number of alkyl halides is 3. The predicted molar refractivity (Wildman–Crippen MR) is 119 cm³/mol. The third-order valence-electron chi connectivity index (χ3n) is 6.03. The van der Waals surface area contributed by atoms with Gasteiger partial charge in [-0.25, -0.2) is 0 Å². The maximum Gasteiger partial charge on any atom is 0.405 e. The van der Waals surface area contributed by atoms with Crippen LogP contribution in [0.1, 0.15) is 45.9 Å². The number of halogens is 3. The molecule has 36 heavy (non-hydrogen) atoms. The van der Waals surface area contributed by atoms with E-state index in [1.807, 2.05) is 5.32 Å². The second-order valence-electron chi connectivity index (χ2n) is 8.75. The number of likely N-dealkylation sites (N-methyl/N-ethyl adjacent to an activating group) is 1. The van der Waals surface area contributed by atoms with Crippen LogP contribution in [0.4, 0.5) is 18.9 Å². The number of nitrogens with zero attached hydrogens (tertiary/aromatic N) is 2. The van der Waals surface area contributed by atoms with Gasteiger partial charge in [0.15, 0.2) is 5.69 Å². The van der Waals surface area contributed by atoms with Gasteiger partial charge >= 0.3 is 6.18 Å². The first kappa shape index (κ1) is 25.5. The predicted octanol–water partition coefficient (Wildman–Crippen LogP) is 2.68. The largest absolute Gasteiger partial charge is 0.490 e. The molecule has 2 aliphatic rings. The lowest BCUT2D eigenvalue weighted by atomic mass is 9.94. The topological polar surface area (TPSA) is 123 Å². The van der Waals surface area contributed by atoms with E-state index in [-0.39, 0.29) is 42.0 Å². The first-order valence-electron chi connectivity index (χ1n) is 11.3. The van der Waals surface area contributed by atoms with E-state index in [4.69, 9.17) is 14.0 Å². The van der Waals surface area contributed by atoms with Crippen LogP contribution in [0.25, 0.3) is 0 Å². The number of aryl methyl sites for hydroxylation is 1. The van der Waals surface area contributed by atoms with Crippen LogP contribution in [0, 0.1) is 6.92 Å². The summed E-state index contributed by atoms with van der Waals surface area (Å²) in [6, 6.07) is 5.76. The van der Waals surface area contributed by atoms with Gasteiger partial charge in [-0.15, -0.1) is 0 Å². The Labute approximate surface area is 204 Å². The summed E-state index contributed by atoms with van der Waals surface area (Å²) in [7, 11) is 1.62. The van der Waals surface area contributed by atoms with Crippen LogP contribution in [-0.4, -0.2) is 72.4 Å². The molecular weight excluding hydrogens is 485 g/mol. The van der Waals surface area contributed by atoms with Crippen LogP contribution in [-0.2, 0) is 9.53 Å². The van der Waals surface area contributed by atoms with Crippen molar-refractivity contribution in [1.29, 1.82) is 0 Å². The van der Waals surface area contributed by atoms with Gasteiger partial charge in [-0.05, 0) is 38.0 Å². The number of benzene rings is 1. The fraction of sp³-hybridized carbons (Fsp3) is 0.478. The Hall–Kier alpha value is -3.61. The number of carbonyl (C=O) groups excluding carboxylic acids is 3. The monoisotopic (exact) mass is 510 g/mol. The molecule has 3 amide bonds. The smallest absolute Gasteiger partial charge is 0.405 e. The Morgan fingerprint density at radius 1 is 1.22 bits per heavy atom. The zero-order valence-electron chi connectivity index (χ0n) is 19.6. The molecule has 0 radical (unpaired) electrons. The number of carbonyl (C=O) groups is 3. The van der Waals surface area contributed by atoms with Gasteiger partial charge in [0, 0.05) is 18.8 Å². The molecule has 3 heterocycles. The minimum Gasteiger partial charge on any atom is -0.490 e. The molecule has 2 aliphatic heterocycles. The van der Waals surface area contributed by atoms with Gasteiger partial charge in [0.1, 0.15) is 30.8 Å². The lowest BCUT2D eigenvalue weighted by molar-refractivity contribution is -0.144. The molecule has 1 aromatic heterocycles. The van der Waals surface area contributed by atoms with Gasteiger partial charge in [0.2, 0.25) is 5.91 Å². The minimum atomic E-state index is -4.49. The Morgan fingerprint density at radius 3 is 2.69 bits per heavy atom. The van der Waals surface area contributed by atoms with Gasteiger partial charge in [-0.2, -0.15) is 13.2 Å². The molecule has 1 saturated heterocycles. The SMILES string of the molecule is Cc1cc(C(=O)Nc2ccc3c(c2)C(=O)N(C)[C@H]2CC[C@H](CC(=O)NCC(F)(F)F)O[C@@H]2CO3)no1. The van der Waals surface area contributed by atoms with E-state index in [9.17, 15) is 27.6 Å². The molecule has 4 rings (SSSR count). The summed E-state index contributed by atoms with van der Waals surface area (Å²) in [6.45, 7) is 0.330. The van der Waals surface area contributed by atoms with Crippen molar-refractivity contribution in [2.75, 3.05) is 25.5 Å². The van der Waals surface area contributed by atoms with Crippen LogP contribution < -0.4 is 15.4 Å². The fourth-order valence-corrected chi connectivity index (χ4v) is 4.25. The van der Waals surface area contributed by atoms with Crippen molar-refractivity contribution in [1.82, 2.24) is 15.4 Å². The third-order valence-corrected chi connectivity index (χ3v) is 6.03. The van der Waals surface area contributed by atoms with E-state index in [0.29, 0.717) is 24.3 Å². The van der Waals surface area contributed by atoms with Crippen LogP contribution in [0.2, 0.25) is 0 Å². The normalized spacial score (nSPS) is 22.0. The third kappa shape index (κ3) is 5.96. The summed E-state index contributed by atoms with van der Waals surface area (Å²) in [6.07, 6.45) is -5.01. The summed E-state index contributed by atoms with van der Waals surface area (Å²) in [5.41, 5.74) is 0.716. The molecule has 0 saturated carbocycles. The van der Waals surface area contributed by atoms with Crippen LogP contribution >= 0.6 is 0 Å². The molecule has 0 aliphatic carbocycles. The van der Waals surface area contributed by atoms with Gasteiger partial charge in [0.25, 0.3) is 11.8 Å². The van der Waals surface area contributed by atoms with E-state index in [1.54, 1.807) is 26.1 Å². The molecule has 13 heteroatoms. The summed E-state index contributed by atoms with van der Waals surface area (Å²) >= 11 is 0. The van der Waals surface area contributed by atoms with Crippen molar-refractivity contribution in [2.45, 2.75) is 50.6 Å². The fourth-order valence-electron chi connectivity index (χ4n) is 4.25. The van der Waals surface area contributed by atoms with Crippen molar-refractivity contribution in [3.63, 3.8) is 0 Å². The second kappa shape index (κ2) is 10.2. The maximum atomic E-state index is 13.3. The van der Waals surface area contributed by atoms with E-state index >= 15 is 0 Å². The molecule has 1 aromatic carbocycles. The number of fused-ring (bicyclic) bond motifs is 2. The van der Waals surface area contributed by atoms with E-state index in [0.717, 1.165) is 0 Å². The van der Waals surface area contributed by atoms with E-state index in [2.05, 4.69) is 10.5 Å². The number of rotatable bonds is 5. The summed E-state index contributed by atoms with van der Waals surface area (Å²) in [4.78, 5) is 39.1. The van der Waals surface area contributed by atoms with Crippen molar-refractivity contribution >= 4 is 23.4 Å². The first-order chi connectivity index (χ1) is 17.0. The minimum absolute atomic E-state index is 0.0693. The number of hydrogen-bond acceptors (Lipinski definition) is 7. The zero-order valence-corrected chi connectivity index (χ0v) is 19.6. The Kier molecular flexibility index (Phi) is 7.20. The van der Waals surface area contributed by atoms with Gasteiger partial charge in [-0.1, -0.05) is 5.16 Å². The Bertz CT molecular complexity index is 1150. The molecule has 1 fully saturated rings. The summed E-state index contributed by atoms with van der Waals surface area (Å²) in [5, 5.41) is 8.18. The molecule has 2 N–H and O–H groups in total. The second-order valence-corrected chi connectivity index (χ2v) is 8.75. The van der Waals surface area contributed by atoms with Crippen LogP contribution in [0.15, 0.2) is 28.8 Å². The molecule has 3 atom stereocenters. The number of hydrogen-bond donors (Lipinski definition) is 2. The van der Waals surface area contributed by atoms with Crippen molar-refractivity contribution < 1.29 is 41.6 Å². The van der Waals surface area contributed by atoms with Gasteiger partial charge in [-0.3, -0.25) is 14.4 Å². The molecule has 0 spiro atoms. The molecule has 194 valence electrons. The maximum absolute atomic E-state index is 13.3. The number of amides is 3. The van der Waals surface area contributed by atoms with E-state index < -0.39 is 36.7 Å². The standard InChI is InChI=1S/C23H25F3N4O6/c1-12-7-16(29-36-12)21(32)28-13-3-6-18-15(8-13)22(33)30(2)17-5-4-14(35-19(17)10-34-18)9-20(31)27-11-23(24,25)26/h3,6-8,14,17,19H,4-5,9-11H2,1-2H3,(H,27,31)(H,28,32)/t14-,17+,19-/m1/s1. The molecule has 10 nitrogen and oxygen atoms in total. The average molecular weight is 510 g/mol. The number of anilines is 1. The highest BCUT2D eigenvalue weighted by Crippen LogP contribution is 2.32. The van der Waals surface area contributed by atoms with Gasteiger partial charge in [0.05, 0.1) is 24.1 Å². The van der Waals surface area contributed by atoms with Crippen LogP contribution in [0.5, 0.6) is 5.75 Å². The Morgan fingerprint density at radius 2 is 2.00 bits per heavy atom. The van der Waals surface area contributed by atoms with Crippen molar-refractivity contribution in [3.05, 3.63) is 41.3 Å². The zero-order chi connectivity index (χ0) is 26.0. The number of nitrogens with one attached hydrogen (secondary N) is 2. The highest BCUT2D eigenvalue weighted by molar-refractivity contribution is 6.04. The molecule has 0 unspecified atom stereocenters. The highest BCUT2D eigenvalue weighted by Gasteiger charge is 2.39. The average Bonchev–Trinajstić information content (AvgIpc) is 3.26. The molecule has 0 bridgehead atoms. The molecule has 2 aromatic rings. The Balaban J connectivity index is 1.43.